The van der Waals surface area contributed by atoms with Crippen LogP contribution in [0.1, 0.15) is 37.6 Å². The van der Waals surface area contributed by atoms with E-state index in [4.69, 9.17) is 29.4 Å². The Morgan fingerprint density at radius 2 is 1.96 bits per heavy atom. The second-order valence-corrected chi connectivity index (χ2v) is 15.9. The number of carbonyl (C=O) groups is 2. The highest BCUT2D eigenvalue weighted by molar-refractivity contribution is 8.77. The molecular weight excluding hydrogens is 685 g/mol. The third-order valence-corrected chi connectivity index (χ3v) is 10.9. The lowest BCUT2D eigenvalue weighted by Gasteiger charge is -2.22. The fourth-order valence-corrected chi connectivity index (χ4v) is 7.10. The van der Waals surface area contributed by atoms with Gasteiger partial charge in [-0.05, 0) is 36.8 Å². The summed E-state index contributed by atoms with van der Waals surface area (Å²) in [4.78, 5) is 25.6. The molecule has 0 spiro atoms. The molecule has 5 N–H and O–H groups in total. The van der Waals surface area contributed by atoms with Crippen molar-refractivity contribution in [1.82, 2.24) is 10.6 Å². The number of hydrogen-bond donors (Lipinski definition) is 4. The van der Waals surface area contributed by atoms with Crippen molar-refractivity contribution in [1.29, 1.82) is 0 Å². The summed E-state index contributed by atoms with van der Waals surface area (Å²) in [6, 6.07) is 16.7. The highest BCUT2D eigenvalue weighted by atomic mass is 33.1. The molecule has 1 saturated heterocycles. The molecule has 3 rings (SSSR count). The number of ether oxygens (including phenoxy) is 5. The summed E-state index contributed by atoms with van der Waals surface area (Å²) in [5.41, 5.74) is 5.65. The summed E-state index contributed by atoms with van der Waals surface area (Å²) in [7, 11) is 4.96. The maximum absolute atomic E-state index is 12.3. The molecule has 2 aromatic rings. The van der Waals surface area contributed by atoms with E-state index in [1.165, 1.54) is 0 Å². The molecule has 2 aromatic carbocycles. The minimum absolute atomic E-state index is 0.00715. The van der Waals surface area contributed by atoms with Gasteiger partial charge in [-0.15, -0.1) is 0 Å². The van der Waals surface area contributed by atoms with Crippen molar-refractivity contribution in [3.05, 3.63) is 60.2 Å². The lowest BCUT2D eigenvalue weighted by atomic mass is 9.71. The van der Waals surface area contributed by atoms with Gasteiger partial charge in [0.2, 0.25) is 5.91 Å². The van der Waals surface area contributed by atoms with Crippen LogP contribution in [-0.4, -0.2) is 111 Å². The molecule has 1 fully saturated rings. The van der Waals surface area contributed by atoms with E-state index in [0.29, 0.717) is 36.8 Å². The monoisotopic (exact) mass is 732 g/mol. The molecule has 2 unspecified atom stereocenters. The van der Waals surface area contributed by atoms with Gasteiger partial charge in [-0.25, -0.2) is 0 Å². The molecule has 267 valence electrons. The van der Waals surface area contributed by atoms with Gasteiger partial charge in [0.25, 0.3) is 13.2 Å². The molecule has 15 heteroatoms. The molecule has 49 heavy (non-hydrogen) atoms. The fourth-order valence-electron chi connectivity index (χ4n) is 4.18. The summed E-state index contributed by atoms with van der Waals surface area (Å²) in [5.74, 6) is 6.34. The SMILES string of the molecule is CC(C)(C)SSC(COc1cccc(C(=O)NCCN)c1)OCCOCC(=O)NCC#C[B][C@H]1C[C@@H](OCSc2ccccc2)C(CO)O1. The van der Waals surface area contributed by atoms with Gasteiger partial charge >= 0.3 is 0 Å². The van der Waals surface area contributed by atoms with Crippen molar-refractivity contribution in [2.24, 2.45) is 5.73 Å². The van der Waals surface area contributed by atoms with Gasteiger partial charge in [-0.1, -0.05) is 84.3 Å². The Morgan fingerprint density at radius 1 is 1.14 bits per heavy atom. The minimum atomic E-state index is -0.405. The third-order valence-electron chi connectivity index (χ3n) is 6.49. The Hall–Kier alpha value is -2.39. The molecule has 1 aliphatic heterocycles. The molecule has 1 aliphatic rings. The first-order valence-electron chi connectivity index (χ1n) is 16.1. The second kappa shape index (κ2) is 23.2. The maximum atomic E-state index is 12.3. The van der Waals surface area contributed by atoms with E-state index < -0.39 is 6.10 Å². The standard InChI is InChI=1S/C34H47BN3O8S3/c1-34(2,3)49-48-32(23-44-26-10-7-9-25(19-26)33(41)38-16-14-36)43-18-17-42-22-31(40)37-15-8-13-35-30-20-28(29(21-39)46-30)45-24-47-27-11-5-4-6-12-27/h4-7,9-12,19,28-30,32,39H,14-18,20-24,36H2,1-3H3,(H,37,40)(H,38,41)/t28-,29?,30-,32?/m1/s1. The van der Waals surface area contributed by atoms with Gasteiger partial charge in [0, 0.05) is 34.3 Å². The zero-order valence-corrected chi connectivity index (χ0v) is 30.7. The van der Waals surface area contributed by atoms with E-state index in [-0.39, 0.29) is 73.7 Å². The first kappa shape index (κ1) is 41.0. The van der Waals surface area contributed by atoms with Crippen molar-refractivity contribution in [3.8, 4) is 17.5 Å². The topological polar surface area (TPSA) is 151 Å². The normalized spacial score (nSPS) is 17.9. The number of nitrogens with one attached hydrogen (secondary N) is 2. The second-order valence-electron chi connectivity index (χ2n) is 11.7. The summed E-state index contributed by atoms with van der Waals surface area (Å²) in [6.45, 7) is 7.76. The Balaban J connectivity index is 1.30. The zero-order valence-electron chi connectivity index (χ0n) is 28.3. The molecule has 0 aromatic heterocycles. The Kier molecular flexibility index (Phi) is 19.4. The predicted octanol–water partition coefficient (Wildman–Crippen LogP) is 3.32. The molecule has 4 atom stereocenters. The van der Waals surface area contributed by atoms with Gasteiger partial charge in [-0.3, -0.25) is 9.59 Å². The fraction of sp³-hybridized carbons (Fsp3) is 0.529. The highest BCUT2D eigenvalue weighted by Crippen LogP contribution is 2.38. The van der Waals surface area contributed by atoms with Crippen LogP contribution in [0, 0.1) is 11.7 Å². The molecule has 2 amide bonds. The minimum Gasteiger partial charge on any atom is -0.490 e. The van der Waals surface area contributed by atoms with Gasteiger partial charge < -0.3 is 45.2 Å². The number of nitrogens with two attached hydrogens (primary N) is 1. The van der Waals surface area contributed by atoms with Crippen molar-refractivity contribution >= 4 is 52.4 Å². The van der Waals surface area contributed by atoms with E-state index in [1.807, 2.05) is 30.3 Å². The number of aliphatic hydroxyl groups excluding tert-OH is 1. The number of thioether (sulfide) groups is 1. The maximum Gasteiger partial charge on any atom is 0.251 e. The van der Waals surface area contributed by atoms with E-state index in [9.17, 15) is 14.7 Å². The van der Waals surface area contributed by atoms with Crippen LogP contribution in [0.4, 0.5) is 0 Å². The van der Waals surface area contributed by atoms with Crippen LogP contribution < -0.4 is 21.1 Å². The van der Waals surface area contributed by atoms with Crippen LogP contribution in [0.3, 0.4) is 0 Å². The smallest absolute Gasteiger partial charge is 0.251 e. The van der Waals surface area contributed by atoms with Crippen molar-refractivity contribution in [2.75, 3.05) is 58.6 Å². The number of amides is 2. The zero-order chi connectivity index (χ0) is 35.3. The number of rotatable bonds is 21. The molecular formula is C34H47BN3O8S3. The van der Waals surface area contributed by atoms with Crippen molar-refractivity contribution in [2.45, 2.75) is 60.5 Å². The third kappa shape index (κ3) is 17.4. The molecule has 1 radical (unpaired) electrons. The van der Waals surface area contributed by atoms with Gasteiger partial charge in [0.1, 0.15) is 30.5 Å². The Morgan fingerprint density at radius 3 is 2.71 bits per heavy atom. The number of aliphatic hydroxyl groups is 1. The van der Waals surface area contributed by atoms with Crippen molar-refractivity contribution in [3.63, 3.8) is 0 Å². The lowest BCUT2D eigenvalue weighted by Crippen LogP contribution is -2.29. The number of carbonyl (C=O) groups excluding carboxylic acids is 2. The van der Waals surface area contributed by atoms with Crippen LogP contribution >= 0.6 is 33.3 Å². The van der Waals surface area contributed by atoms with E-state index in [0.717, 1.165) is 4.90 Å². The largest absolute Gasteiger partial charge is 0.490 e. The van der Waals surface area contributed by atoms with E-state index in [1.54, 1.807) is 64.9 Å². The Bertz CT molecular complexity index is 1330. The van der Waals surface area contributed by atoms with Gasteiger partial charge in [0.05, 0.1) is 38.4 Å². The first-order valence-corrected chi connectivity index (χ1v) is 19.3. The molecule has 0 aliphatic carbocycles. The highest BCUT2D eigenvalue weighted by Gasteiger charge is 2.35. The van der Waals surface area contributed by atoms with Crippen LogP contribution in [0.5, 0.6) is 5.75 Å². The summed E-state index contributed by atoms with van der Waals surface area (Å²) < 4.78 is 29.3. The molecule has 1 heterocycles. The van der Waals surface area contributed by atoms with E-state index in [2.05, 4.69) is 43.1 Å². The van der Waals surface area contributed by atoms with E-state index >= 15 is 0 Å². The van der Waals surface area contributed by atoms with Crippen LogP contribution in [0.15, 0.2) is 59.5 Å². The number of hydrogen-bond acceptors (Lipinski definition) is 12. The summed E-state index contributed by atoms with van der Waals surface area (Å²) in [5, 5.41) is 15.1. The van der Waals surface area contributed by atoms with Crippen LogP contribution in [0.2, 0.25) is 0 Å². The average molecular weight is 733 g/mol. The molecule has 0 bridgehead atoms. The van der Waals surface area contributed by atoms with Crippen LogP contribution in [0.25, 0.3) is 0 Å². The quantitative estimate of drug-likeness (QED) is 0.0373. The summed E-state index contributed by atoms with van der Waals surface area (Å²) >= 11 is 1.59. The van der Waals surface area contributed by atoms with Crippen LogP contribution in [-0.2, 0) is 23.7 Å². The molecule has 0 saturated carbocycles. The lowest BCUT2D eigenvalue weighted by molar-refractivity contribution is -0.126. The Labute approximate surface area is 302 Å². The van der Waals surface area contributed by atoms with Crippen molar-refractivity contribution < 1.29 is 38.4 Å². The van der Waals surface area contributed by atoms with Gasteiger partial charge in [0.15, 0.2) is 0 Å². The van der Waals surface area contributed by atoms with Gasteiger partial charge in [-0.2, -0.15) is 5.82 Å². The number of benzene rings is 2. The molecule has 11 nitrogen and oxygen atoms in total. The first-order chi connectivity index (χ1) is 23.7. The average Bonchev–Trinajstić information content (AvgIpc) is 3.49. The predicted molar refractivity (Wildman–Crippen MR) is 198 cm³/mol. The summed E-state index contributed by atoms with van der Waals surface area (Å²) in [6.07, 6.45) is -0.0288.